The van der Waals surface area contributed by atoms with E-state index in [4.69, 9.17) is 0 Å². The van der Waals surface area contributed by atoms with Gasteiger partial charge in [0.25, 0.3) is 0 Å². The Bertz CT molecular complexity index is 1300. The van der Waals surface area contributed by atoms with Gasteiger partial charge in [-0.25, -0.2) is 0 Å². The smallest absolute Gasteiger partial charge is 0.340 e. The monoisotopic (exact) mass is 829 g/mol. The van der Waals surface area contributed by atoms with Gasteiger partial charge in [0.05, 0.1) is 0 Å². The predicted octanol–water partition coefficient (Wildman–Crippen LogP) is 9.68. The van der Waals surface area contributed by atoms with Gasteiger partial charge in [-0.15, -0.1) is 25.3 Å². The topological polar surface area (TPSA) is 0 Å². The maximum Gasteiger partial charge on any atom is 2.00 e. The van der Waals surface area contributed by atoms with Gasteiger partial charge < -0.3 is 13.8 Å². The second-order valence-electron chi connectivity index (χ2n) is 9.84. The van der Waals surface area contributed by atoms with Crippen molar-refractivity contribution in [3.63, 3.8) is 0 Å². The summed E-state index contributed by atoms with van der Waals surface area (Å²) in [6, 6.07) is 64.7. The summed E-state index contributed by atoms with van der Waals surface area (Å²) in [5.41, 5.74) is 0. The first-order valence-corrected chi connectivity index (χ1v) is 18.1. The SMILES string of the molecule is C=CC[CH2-].C=CC[CH2-].[Pt+2].c1ccc(P(c2ccccc2)c2ccccc2)cc1.c1ccc(P(c2ccccc2)c2ccccc2)cc1. The Hall–Kier alpha value is -3.65. The largest absolute Gasteiger partial charge is 2.00 e. The van der Waals surface area contributed by atoms with Crippen molar-refractivity contribution >= 4 is 47.7 Å². The van der Waals surface area contributed by atoms with Gasteiger partial charge in [0.2, 0.25) is 0 Å². The fourth-order valence-corrected chi connectivity index (χ4v) is 8.97. The Balaban J connectivity index is 0.000000262. The summed E-state index contributed by atoms with van der Waals surface area (Å²) in [6.07, 6.45) is 5.19. The van der Waals surface area contributed by atoms with Crippen molar-refractivity contribution in [2.45, 2.75) is 12.8 Å². The van der Waals surface area contributed by atoms with E-state index in [9.17, 15) is 0 Å². The second kappa shape index (κ2) is 24.5. The zero-order valence-electron chi connectivity index (χ0n) is 26.9. The molecule has 0 aliphatic heterocycles. The molecule has 0 saturated heterocycles. The summed E-state index contributed by atoms with van der Waals surface area (Å²) in [7, 11) is -0.892. The zero-order valence-corrected chi connectivity index (χ0v) is 31.0. The maximum absolute atomic E-state index is 3.49. The van der Waals surface area contributed by atoms with Crippen LogP contribution in [-0.4, -0.2) is 0 Å². The standard InChI is InChI=1S/2C18H15P.2C4H7.Pt/c2*1-4-10-16(11-5-1)19(17-12-6-2-7-13-17)18-14-8-3-9-15-18;2*1-3-4-2;/h2*1-15H;2*3H,1-2,4H2;/q;;2*-1;+2. The third-order valence-corrected chi connectivity index (χ3v) is 11.4. The summed E-state index contributed by atoms with van der Waals surface area (Å²) in [5, 5.41) is 8.39. The van der Waals surface area contributed by atoms with Crippen LogP contribution in [0.2, 0.25) is 0 Å². The number of hydrogen-bond acceptors (Lipinski definition) is 0. The molecule has 6 aromatic carbocycles. The first kappa shape index (κ1) is 39.5. The van der Waals surface area contributed by atoms with Crippen LogP contribution in [0.4, 0.5) is 0 Å². The van der Waals surface area contributed by atoms with Gasteiger partial charge in [0.1, 0.15) is 0 Å². The number of benzene rings is 6. The molecule has 0 aromatic heterocycles. The first-order valence-electron chi connectivity index (χ1n) is 15.4. The fourth-order valence-electron chi connectivity index (χ4n) is 4.36. The molecule has 0 aliphatic rings. The molecule has 0 nitrogen and oxygen atoms in total. The minimum atomic E-state index is -0.446. The van der Waals surface area contributed by atoms with Gasteiger partial charge in [-0.05, 0) is 47.7 Å². The van der Waals surface area contributed by atoms with Crippen molar-refractivity contribution < 1.29 is 21.1 Å². The first-order chi connectivity index (χ1) is 22.7. The average molecular weight is 830 g/mol. The molecule has 240 valence electrons. The Morgan fingerprint density at radius 2 is 0.468 bits per heavy atom. The van der Waals surface area contributed by atoms with Crippen molar-refractivity contribution in [3.05, 3.63) is 221 Å². The summed E-state index contributed by atoms with van der Waals surface area (Å²) in [4.78, 5) is 0. The van der Waals surface area contributed by atoms with E-state index in [2.05, 4.69) is 209 Å². The number of hydrogen-bond donors (Lipinski definition) is 0. The number of rotatable bonds is 8. The van der Waals surface area contributed by atoms with Crippen LogP contribution in [0, 0.1) is 13.8 Å². The quantitative estimate of drug-likeness (QED) is 0.0815. The molecule has 0 saturated carbocycles. The van der Waals surface area contributed by atoms with Crippen molar-refractivity contribution in [2.75, 3.05) is 0 Å². The van der Waals surface area contributed by atoms with Crippen LogP contribution in [0.15, 0.2) is 207 Å². The van der Waals surface area contributed by atoms with E-state index >= 15 is 0 Å². The molecule has 0 bridgehead atoms. The molecule has 0 radical (unpaired) electrons. The van der Waals surface area contributed by atoms with Crippen molar-refractivity contribution in [2.24, 2.45) is 0 Å². The third kappa shape index (κ3) is 13.9. The fraction of sp³-hybridized carbons (Fsp3) is 0.0455. The van der Waals surface area contributed by atoms with Crippen LogP contribution >= 0.6 is 15.8 Å². The molecule has 0 unspecified atom stereocenters. The Kier molecular flexibility index (Phi) is 20.6. The third-order valence-electron chi connectivity index (χ3n) is 6.49. The molecule has 0 atom stereocenters. The molecule has 3 heteroatoms. The molecule has 0 amide bonds. The van der Waals surface area contributed by atoms with Crippen molar-refractivity contribution in [1.29, 1.82) is 0 Å². The summed E-state index contributed by atoms with van der Waals surface area (Å²) < 4.78 is 0. The Morgan fingerprint density at radius 1 is 0.340 bits per heavy atom. The van der Waals surface area contributed by atoms with Gasteiger partial charge in [-0.3, -0.25) is 0 Å². The zero-order chi connectivity index (χ0) is 32.7. The van der Waals surface area contributed by atoms with Gasteiger partial charge in [-0.2, -0.15) is 12.8 Å². The van der Waals surface area contributed by atoms with Crippen LogP contribution in [0.3, 0.4) is 0 Å². The minimum absolute atomic E-state index is 0. The van der Waals surface area contributed by atoms with E-state index < -0.39 is 15.8 Å². The second-order valence-corrected chi connectivity index (χ2v) is 14.3. The van der Waals surface area contributed by atoms with Crippen LogP contribution < -0.4 is 31.8 Å². The van der Waals surface area contributed by atoms with Crippen LogP contribution in [-0.2, 0) is 21.1 Å². The summed E-state index contributed by atoms with van der Waals surface area (Å²) >= 11 is 0. The van der Waals surface area contributed by atoms with E-state index in [1.54, 1.807) is 12.2 Å². The molecule has 0 heterocycles. The van der Waals surface area contributed by atoms with E-state index in [1.807, 2.05) is 0 Å². The van der Waals surface area contributed by atoms with Gasteiger partial charge in [0, 0.05) is 0 Å². The molecule has 0 fully saturated rings. The molecular weight excluding hydrogens is 786 g/mol. The molecule has 0 aliphatic carbocycles. The molecule has 6 rings (SSSR count). The van der Waals surface area contributed by atoms with Gasteiger partial charge >= 0.3 is 21.1 Å². The van der Waals surface area contributed by atoms with Crippen molar-refractivity contribution in [1.82, 2.24) is 0 Å². The van der Waals surface area contributed by atoms with Crippen LogP contribution in [0.25, 0.3) is 0 Å². The van der Waals surface area contributed by atoms with Gasteiger partial charge in [0.15, 0.2) is 0 Å². The van der Waals surface area contributed by atoms with Crippen LogP contribution in [0.1, 0.15) is 12.8 Å². The molecule has 0 spiro atoms. The molecular formula is C44H44P2Pt. The van der Waals surface area contributed by atoms with E-state index in [1.165, 1.54) is 31.8 Å². The maximum atomic E-state index is 3.49. The minimum Gasteiger partial charge on any atom is -0.340 e. The van der Waals surface area contributed by atoms with Gasteiger partial charge in [-0.1, -0.05) is 182 Å². The Morgan fingerprint density at radius 3 is 0.574 bits per heavy atom. The van der Waals surface area contributed by atoms with Crippen molar-refractivity contribution in [3.8, 4) is 0 Å². The van der Waals surface area contributed by atoms with E-state index in [0.717, 1.165) is 12.8 Å². The predicted molar refractivity (Wildman–Crippen MR) is 211 cm³/mol. The summed E-state index contributed by atoms with van der Waals surface area (Å²) in [6.45, 7) is 13.8. The van der Waals surface area contributed by atoms with E-state index in [0.29, 0.717) is 0 Å². The average Bonchev–Trinajstić information content (AvgIpc) is 3.15. The summed E-state index contributed by atoms with van der Waals surface area (Å²) in [5.74, 6) is 0. The Labute approximate surface area is 301 Å². The normalized spacial score (nSPS) is 9.62. The number of allylic oxidation sites excluding steroid dienone is 2. The molecule has 47 heavy (non-hydrogen) atoms. The van der Waals surface area contributed by atoms with Crippen LogP contribution in [0.5, 0.6) is 0 Å². The molecule has 0 N–H and O–H groups in total. The van der Waals surface area contributed by atoms with E-state index in [-0.39, 0.29) is 21.1 Å². The molecule has 6 aromatic rings.